The zero-order chi connectivity index (χ0) is 14.1. The highest BCUT2D eigenvalue weighted by Crippen LogP contribution is 2.32. The van der Waals surface area contributed by atoms with E-state index < -0.39 is 0 Å². The molecule has 0 unspecified atom stereocenters. The first-order valence-corrected chi connectivity index (χ1v) is 6.40. The fraction of sp³-hybridized carbons (Fsp3) is 0. The Morgan fingerprint density at radius 3 is 2.75 bits per heavy atom. The smallest absolute Gasteiger partial charge is 0.262 e. The fourth-order valence-electron chi connectivity index (χ4n) is 1.68. The molecule has 1 aromatic carbocycles. The van der Waals surface area contributed by atoms with Crippen LogP contribution >= 0.6 is 15.9 Å². The molecule has 2 heterocycles. The molecule has 0 radical (unpaired) electrons. The number of aromatic hydroxyl groups is 2. The lowest BCUT2D eigenvalue weighted by molar-refractivity contribution is 0.423. The van der Waals surface area contributed by atoms with Gasteiger partial charge in [0.2, 0.25) is 5.82 Å². The molecule has 0 bridgehead atoms. The number of phenols is 2. The number of hydrogen-bond acceptors (Lipinski definition) is 6. The van der Waals surface area contributed by atoms with Crippen molar-refractivity contribution in [2.45, 2.75) is 0 Å². The van der Waals surface area contributed by atoms with Gasteiger partial charge in [0.05, 0.1) is 5.56 Å². The average molecular weight is 334 g/mol. The Morgan fingerprint density at radius 2 is 1.95 bits per heavy atom. The molecule has 2 N–H and O–H groups in total. The number of pyridine rings is 1. The second kappa shape index (κ2) is 4.93. The maximum Gasteiger partial charge on any atom is 0.262 e. The van der Waals surface area contributed by atoms with E-state index in [2.05, 4.69) is 31.1 Å². The van der Waals surface area contributed by atoms with E-state index in [1.807, 2.05) is 0 Å². The predicted molar refractivity (Wildman–Crippen MR) is 74.0 cm³/mol. The minimum atomic E-state index is -0.0506. The number of halogens is 1. The second-order valence-electron chi connectivity index (χ2n) is 4.02. The zero-order valence-electron chi connectivity index (χ0n) is 9.99. The number of phenolic OH excluding ortho intramolecular Hbond substituents is 2. The Morgan fingerprint density at radius 1 is 1.10 bits per heavy atom. The van der Waals surface area contributed by atoms with Gasteiger partial charge < -0.3 is 14.7 Å². The van der Waals surface area contributed by atoms with E-state index in [4.69, 9.17) is 4.52 Å². The van der Waals surface area contributed by atoms with Gasteiger partial charge in [-0.15, -0.1) is 0 Å². The normalized spacial score (nSPS) is 10.7. The summed E-state index contributed by atoms with van der Waals surface area (Å²) >= 11 is 3.31. The van der Waals surface area contributed by atoms with Gasteiger partial charge in [-0.3, -0.25) is 4.98 Å². The standard InChI is InChI=1S/C13H8BrN3O3/c14-8-3-7(5-15-6-8)12-16-13(20-17-12)10-4-9(18)1-2-11(10)19/h1-6,18-19H. The summed E-state index contributed by atoms with van der Waals surface area (Å²) in [6.07, 6.45) is 3.24. The van der Waals surface area contributed by atoms with Crippen molar-refractivity contribution in [3.8, 4) is 34.3 Å². The van der Waals surface area contributed by atoms with E-state index in [1.54, 1.807) is 18.5 Å². The summed E-state index contributed by atoms with van der Waals surface area (Å²) in [6.45, 7) is 0. The summed E-state index contributed by atoms with van der Waals surface area (Å²) in [5.74, 6) is 0.414. The third kappa shape index (κ3) is 2.35. The quantitative estimate of drug-likeness (QED) is 0.700. The molecule has 0 saturated heterocycles. The number of rotatable bonds is 2. The van der Waals surface area contributed by atoms with Crippen molar-refractivity contribution in [2.75, 3.05) is 0 Å². The van der Waals surface area contributed by atoms with Crippen molar-refractivity contribution in [1.82, 2.24) is 15.1 Å². The van der Waals surface area contributed by atoms with Crippen LogP contribution in [-0.2, 0) is 0 Å². The molecule has 100 valence electrons. The average Bonchev–Trinajstić information content (AvgIpc) is 2.91. The molecule has 20 heavy (non-hydrogen) atoms. The van der Waals surface area contributed by atoms with Crippen LogP contribution in [0, 0.1) is 0 Å². The van der Waals surface area contributed by atoms with Crippen LogP contribution in [0.4, 0.5) is 0 Å². The molecular weight excluding hydrogens is 326 g/mol. The monoisotopic (exact) mass is 333 g/mol. The first-order chi connectivity index (χ1) is 9.63. The molecule has 0 aliphatic heterocycles. The first kappa shape index (κ1) is 12.6. The minimum Gasteiger partial charge on any atom is -0.508 e. The van der Waals surface area contributed by atoms with E-state index in [0.29, 0.717) is 11.4 Å². The van der Waals surface area contributed by atoms with Gasteiger partial charge in [-0.05, 0) is 40.2 Å². The van der Waals surface area contributed by atoms with Crippen molar-refractivity contribution < 1.29 is 14.7 Å². The summed E-state index contributed by atoms with van der Waals surface area (Å²) in [5.41, 5.74) is 0.945. The summed E-state index contributed by atoms with van der Waals surface area (Å²) in [4.78, 5) is 8.20. The van der Waals surface area contributed by atoms with E-state index in [9.17, 15) is 10.2 Å². The van der Waals surface area contributed by atoms with Crippen molar-refractivity contribution in [1.29, 1.82) is 0 Å². The topological polar surface area (TPSA) is 92.3 Å². The molecule has 0 aliphatic rings. The predicted octanol–water partition coefficient (Wildman–Crippen LogP) is 2.97. The van der Waals surface area contributed by atoms with Crippen molar-refractivity contribution in [2.24, 2.45) is 0 Å². The molecule has 0 fully saturated rings. The van der Waals surface area contributed by atoms with E-state index in [0.717, 1.165) is 4.47 Å². The molecule has 7 heteroatoms. The van der Waals surface area contributed by atoms with Crippen LogP contribution in [0.25, 0.3) is 22.8 Å². The molecule has 3 aromatic rings. The van der Waals surface area contributed by atoms with E-state index in [-0.39, 0.29) is 23.0 Å². The Bertz CT molecular complexity index is 773. The van der Waals surface area contributed by atoms with Crippen LogP contribution in [0.1, 0.15) is 0 Å². The maximum absolute atomic E-state index is 9.75. The lowest BCUT2D eigenvalue weighted by Crippen LogP contribution is -1.83. The number of aromatic nitrogens is 3. The number of benzene rings is 1. The van der Waals surface area contributed by atoms with Gasteiger partial charge in [-0.2, -0.15) is 4.98 Å². The lowest BCUT2D eigenvalue weighted by atomic mass is 10.2. The molecule has 0 aliphatic carbocycles. The zero-order valence-corrected chi connectivity index (χ0v) is 11.6. The van der Waals surface area contributed by atoms with Gasteiger partial charge >= 0.3 is 0 Å². The van der Waals surface area contributed by atoms with Gasteiger partial charge in [0, 0.05) is 22.4 Å². The van der Waals surface area contributed by atoms with Gasteiger partial charge in [-0.25, -0.2) is 0 Å². The van der Waals surface area contributed by atoms with Crippen LogP contribution in [0.2, 0.25) is 0 Å². The summed E-state index contributed by atoms with van der Waals surface area (Å²) < 4.78 is 5.90. The highest BCUT2D eigenvalue weighted by Gasteiger charge is 2.15. The van der Waals surface area contributed by atoms with Crippen molar-refractivity contribution >= 4 is 15.9 Å². The SMILES string of the molecule is Oc1ccc(O)c(-c2nc(-c3cncc(Br)c3)no2)c1. The van der Waals surface area contributed by atoms with Crippen LogP contribution in [0.3, 0.4) is 0 Å². The Labute approximate surface area is 121 Å². The molecule has 0 saturated carbocycles. The third-order valence-corrected chi connectivity index (χ3v) is 3.03. The van der Waals surface area contributed by atoms with Crippen LogP contribution in [0.15, 0.2) is 45.7 Å². The largest absolute Gasteiger partial charge is 0.508 e. The Kier molecular flexibility index (Phi) is 3.11. The van der Waals surface area contributed by atoms with Gasteiger partial charge in [0.25, 0.3) is 5.89 Å². The van der Waals surface area contributed by atoms with E-state index in [1.165, 1.54) is 18.2 Å². The molecular formula is C13H8BrN3O3. The summed E-state index contributed by atoms with van der Waals surface area (Å²) in [5, 5.41) is 23.0. The number of nitrogens with zero attached hydrogens (tertiary/aromatic N) is 3. The number of hydrogen-bond donors (Lipinski definition) is 2. The van der Waals surface area contributed by atoms with Gasteiger partial charge in [-0.1, -0.05) is 5.16 Å². The summed E-state index contributed by atoms with van der Waals surface area (Å²) in [7, 11) is 0. The third-order valence-electron chi connectivity index (χ3n) is 2.60. The molecule has 0 spiro atoms. The molecule has 2 aromatic heterocycles. The second-order valence-corrected chi connectivity index (χ2v) is 4.93. The summed E-state index contributed by atoms with van der Waals surface area (Å²) in [6, 6.07) is 5.87. The van der Waals surface area contributed by atoms with Gasteiger partial charge in [0.15, 0.2) is 0 Å². The molecule has 6 nitrogen and oxygen atoms in total. The first-order valence-electron chi connectivity index (χ1n) is 5.60. The van der Waals surface area contributed by atoms with E-state index >= 15 is 0 Å². The Balaban J connectivity index is 2.04. The molecule has 0 atom stereocenters. The minimum absolute atomic E-state index is 0.00155. The molecule has 3 rings (SSSR count). The highest BCUT2D eigenvalue weighted by molar-refractivity contribution is 9.10. The van der Waals surface area contributed by atoms with Crippen LogP contribution < -0.4 is 0 Å². The van der Waals surface area contributed by atoms with Crippen LogP contribution in [0.5, 0.6) is 11.5 Å². The lowest BCUT2D eigenvalue weighted by Gasteiger charge is -1.99. The van der Waals surface area contributed by atoms with Gasteiger partial charge in [0.1, 0.15) is 11.5 Å². The fourth-order valence-corrected chi connectivity index (χ4v) is 2.04. The highest BCUT2D eigenvalue weighted by atomic mass is 79.9. The Hall–Kier alpha value is -2.41. The van der Waals surface area contributed by atoms with Crippen molar-refractivity contribution in [3.63, 3.8) is 0 Å². The molecule has 0 amide bonds. The van der Waals surface area contributed by atoms with Crippen LogP contribution in [-0.4, -0.2) is 25.3 Å². The van der Waals surface area contributed by atoms with Crippen molar-refractivity contribution in [3.05, 3.63) is 41.1 Å². The maximum atomic E-state index is 9.75.